The summed E-state index contributed by atoms with van der Waals surface area (Å²) in [6.07, 6.45) is 2.11. The van der Waals surface area contributed by atoms with E-state index in [0.717, 1.165) is 6.42 Å². The first-order chi connectivity index (χ1) is 7.10. The van der Waals surface area contributed by atoms with E-state index in [1.165, 1.54) is 0 Å². The van der Waals surface area contributed by atoms with Crippen molar-refractivity contribution in [3.05, 3.63) is 35.4 Å². The molecule has 0 atom stereocenters. The zero-order valence-corrected chi connectivity index (χ0v) is 8.37. The van der Waals surface area contributed by atoms with Gasteiger partial charge in [0.05, 0.1) is 6.42 Å². The first-order valence-electron chi connectivity index (χ1n) is 5.10. The van der Waals surface area contributed by atoms with Gasteiger partial charge in [-0.2, -0.15) is 0 Å². The summed E-state index contributed by atoms with van der Waals surface area (Å²) in [6, 6.07) is 6.81. The third kappa shape index (κ3) is 2.01. The van der Waals surface area contributed by atoms with Crippen LogP contribution in [-0.4, -0.2) is 11.1 Å². The van der Waals surface area contributed by atoms with Gasteiger partial charge in [0.1, 0.15) is 5.67 Å². The van der Waals surface area contributed by atoms with Gasteiger partial charge in [0, 0.05) is 0 Å². The number of carboxylic acid groups (broad SMARTS) is 1. The lowest BCUT2D eigenvalue weighted by atomic mass is 9.76. The van der Waals surface area contributed by atoms with Gasteiger partial charge in [-0.05, 0) is 30.4 Å². The van der Waals surface area contributed by atoms with Gasteiger partial charge in [0.2, 0.25) is 0 Å². The molecule has 0 saturated heterocycles. The highest BCUT2D eigenvalue weighted by atomic mass is 19.1. The second-order valence-corrected chi connectivity index (χ2v) is 4.09. The molecule has 0 aliphatic heterocycles. The summed E-state index contributed by atoms with van der Waals surface area (Å²) in [6.45, 7) is 0. The fourth-order valence-electron chi connectivity index (χ4n) is 1.87. The van der Waals surface area contributed by atoms with Crippen LogP contribution >= 0.6 is 0 Å². The summed E-state index contributed by atoms with van der Waals surface area (Å²) >= 11 is 0. The predicted octanol–water partition coefficient (Wildman–Crippen LogP) is 2.66. The van der Waals surface area contributed by atoms with Crippen LogP contribution in [0.3, 0.4) is 0 Å². The van der Waals surface area contributed by atoms with Crippen molar-refractivity contribution >= 4 is 5.97 Å². The summed E-state index contributed by atoms with van der Waals surface area (Å²) in [5.41, 5.74) is 0.249. The van der Waals surface area contributed by atoms with E-state index in [1.807, 2.05) is 0 Å². The first-order valence-corrected chi connectivity index (χ1v) is 5.10. The normalized spacial score (nSPS) is 18.2. The zero-order chi connectivity index (χ0) is 10.9. The van der Waals surface area contributed by atoms with E-state index in [2.05, 4.69) is 0 Å². The zero-order valence-electron chi connectivity index (χ0n) is 8.37. The summed E-state index contributed by atoms with van der Waals surface area (Å²) in [4.78, 5) is 10.4. The molecule has 2 rings (SSSR count). The van der Waals surface area contributed by atoms with Crippen molar-refractivity contribution in [2.45, 2.75) is 31.4 Å². The maximum absolute atomic E-state index is 13.9. The molecule has 0 spiro atoms. The molecule has 0 amide bonds. The second kappa shape index (κ2) is 3.65. The molecule has 1 aromatic rings. The third-order valence-electron chi connectivity index (χ3n) is 2.97. The van der Waals surface area contributed by atoms with Crippen molar-refractivity contribution in [3.63, 3.8) is 0 Å². The van der Waals surface area contributed by atoms with Gasteiger partial charge < -0.3 is 5.11 Å². The molecule has 1 fully saturated rings. The average molecular weight is 208 g/mol. The largest absolute Gasteiger partial charge is 0.481 e. The molecule has 3 heteroatoms. The number of carbonyl (C=O) groups is 1. The van der Waals surface area contributed by atoms with E-state index in [4.69, 9.17) is 5.11 Å². The highest BCUT2D eigenvalue weighted by Gasteiger charge is 2.38. The first kappa shape index (κ1) is 10.1. The molecule has 15 heavy (non-hydrogen) atoms. The van der Waals surface area contributed by atoms with Crippen molar-refractivity contribution in [1.82, 2.24) is 0 Å². The number of hydrogen-bond acceptors (Lipinski definition) is 1. The van der Waals surface area contributed by atoms with E-state index in [9.17, 15) is 9.18 Å². The number of rotatable bonds is 3. The Morgan fingerprint density at radius 3 is 2.33 bits per heavy atom. The van der Waals surface area contributed by atoms with E-state index >= 15 is 0 Å². The molecule has 1 aliphatic rings. The molecule has 0 heterocycles. The van der Waals surface area contributed by atoms with Crippen LogP contribution in [0.4, 0.5) is 4.39 Å². The van der Waals surface area contributed by atoms with Crippen molar-refractivity contribution in [3.8, 4) is 0 Å². The highest BCUT2D eigenvalue weighted by Crippen LogP contribution is 2.44. The lowest BCUT2D eigenvalue weighted by molar-refractivity contribution is -0.136. The molecule has 1 aliphatic carbocycles. The number of hydrogen-bond donors (Lipinski definition) is 1. The molecule has 2 nitrogen and oxygen atoms in total. The molecule has 0 aromatic heterocycles. The van der Waals surface area contributed by atoms with E-state index in [1.54, 1.807) is 24.3 Å². The predicted molar refractivity (Wildman–Crippen MR) is 54.4 cm³/mol. The minimum absolute atomic E-state index is 0.000431. The Morgan fingerprint density at radius 1 is 1.33 bits per heavy atom. The Kier molecular flexibility index (Phi) is 2.47. The standard InChI is InChI=1S/C12H13FO2/c13-12(6-1-7-12)10-4-2-9(3-5-10)8-11(14)15/h2-5H,1,6-8H2,(H,14,15). The Labute approximate surface area is 87.7 Å². The number of halogens is 1. The van der Waals surface area contributed by atoms with Gasteiger partial charge in [0.15, 0.2) is 0 Å². The van der Waals surface area contributed by atoms with Crippen LogP contribution in [-0.2, 0) is 16.9 Å². The summed E-state index contributed by atoms with van der Waals surface area (Å²) in [5, 5.41) is 8.58. The van der Waals surface area contributed by atoms with Crippen molar-refractivity contribution < 1.29 is 14.3 Å². The topological polar surface area (TPSA) is 37.3 Å². The maximum atomic E-state index is 13.9. The van der Waals surface area contributed by atoms with Crippen molar-refractivity contribution in [2.24, 2.45) is 0 Å². The quantitative estimate of drug-likeness (QED) is 0.829. The van der Waals surface area contributed by atoms with Crippen LogP contribution < -0.4 is 0 Å². The number of benzene rings is 1. The van der Waals surface area contributed by atoms with Gasteiger partial charge >= 0.3 is 5.97 Å². The van der Waals surface area contributed by atoms with Gasteiger partial charge in [0.25, 0.3) is 0 Å². The van der Waals surface area contributed by atoms with Gasteiger partial charge in [-0.3, -0.25) is 4.79 Å². The minimum Gasteiger partial charge on any atom is -0.481 e. The second-order valence-electron chi connectivity index (χ2n) is 4.09. The Balaban J connectivity index is 2.13. The summed E-state index contributed by atoms with van der Waals surface area (Å²) in [5.74, 6) is -0.860. The molecule has 0 radical (unpaired) electrons. The SMILES string of the molecule is O=C(O)Cc1ccc(C2(F)CCC2)cc1. The monoisotopic (exact) mass is 208 g/mol. The fourth-order valence-corrected chi connectivity index (χ4v) is 1.87. The van der Waals surface area contributed by atoms with Gasteiger partial charge in [-0.25, -0.2) is 4.39 Å². The van der Waals surface area contributed by atoms with E-state index in [0.29, 0.717) is 24.0 Å². The van der Waals surface area contributed by atoms with Crippen molar-refractivity contribution in [2.75, 3.05) is 0 Å². The minimum atomic E-state index is -1.15. The van der Waals surface area contributed by atoms with Crippen LogP contribution in [0.15, 0.2) is 24.3 Å². The lowest BCUT2D eigenvalue weighted by Crippen LogP contribution is -2.28. The molecule has 1 saturated carbocycles. The van der Waals surface area contributed by atoms with E-state index in [-0.39, 0.29) is 6.42 Å². The summed E-state index contributed by atoms with van der Waals surface area (Å²) in [7, 11) is 0. The Bertz CT molecular complexity index is 366. The van der Waals surface area contributed by atoms with Crippen LogP contribution in [0.25, 0.3) is 0 Å². The van der Waals surface area contributed by atoms with Crippen LogP contribution in [0.5, 0.6) is 0 Å². The number of alkyl halides is 1. The average Bonchev–Trinajstić information content (AvgIpc) is 2.14. The molecular weight excluding hydrogens is 195 g/mol. The number of aliphatic carboxylic acids is 1. The summed E-state index contributed by atoms with van der Waals surface area (Å²) < 4.78 is 13.9. The smallest absolute Gasteiger partial charge is 0.307 e. The van der Waals surface area contributed by atoms with Gasteiger partial charge in [-0.1, -0.05) is 24.3 Å². The molecule has 1 N–H and O–H groups in total. The molecule has 0 bridgehead atoms. The molecule has 80 valence electrons. The molecule has 0 unspecified atom stereocenters. The van der Waals surface area contributed by atoms with Crippen molar-refractivity contribution in [1.29, 1.82) is 0 Å². The van der Waals surface area contributed by atoms with Gasteiger partial charge in [-0.15, -0.1) is 0 Å². The Hall–Kier alpha value is -1.38. The molecule has 1 aromatic carbocycles. The van der Waals surface area contributed by atoms with Crippen LogP contribution in [0, 0.1) is 0 Å². The van der Waals surface area contributed by atoms with E-state index < -0.39 is 11.6 Å². The lowest BCUT2D eigenvalue weighted by Gasteiger charge is -2.34. The van der Waals surface area contributed by atoms with Crippen LogP contribution in [0.1, 0.15) is 30.4 Å². The fraction of sp³-hybridized carbons (Fsp3) is 0.417. The Morgan fingerprint density at radius 2 is 1.93 bits per heavy atom. The third-order valence-corrected chi connectivity index (χ3v) is 2.97. The van der Waals surface area contributed by atoms with Crippen LogP contribution in [0.2, 0.25) is 0 Å². The highest BCUT2D eigenvalue weighted by molar-refractivity contribution is 5.70. The number of carboxylic acids is 1. The molecular formula is C12H13FO2. The maximum Gasteiger partial charge on any atom is 0.307 e.